The summed E-state index contributed by atoms with van der Waals surface area (Å²) in [6, 6.07) is 2.17. The lowest BCUT2D eigenvalue weighted by atomic mass is 10.1. The molecule has 0 radical (unpaired) electrons. The second kappa shape index (κ2) is 7.45. The second-order valence-corrected chi connectivity index (χ2v) is 5.50. The van der Waals surface area contributed by atoms with Crippen molar-refractivity contribution in [2.45, 2.75) is 26.7 Å². The Labute approximate surface area is 127 Å². The van der Waals surface area contributed by atoms with Crippen molar-refractivity contribution >= 4 is 34.9 Å². The molecule has 20 heavy (non-hydrogen) atoms. The number of carbonyl (C=O) groups excluding carboxylic acids is 1. The van der Waals surface area contributed by atoms with Gasteiger partial charge in [-0.1, -0.05) is 37.0 Å². The topological polar surface area (TPSA) is 69.4 Å². The molecule has 5 nitrogen and oxygen atoms in total. The van der Waals surface area contributed by atoms with Crippen molar-refractivity contribution in [3.8, 4) is 0 Å². The minimum atomic E-state index is -0.704. The van der Waals surface area contributed by atoms with E-state index in [-0.39, 0.29) is 27.9 Å². The first-order valence-corrected chi connectivity index (χ1v) is 6.89. The molecule has 0 amide bonds. The van der Waals surface area contributed by atoms with Crippen LogP contribution in [0.25, 0.3) is 0 Å². The first-order valence-electron chi connectivity index (χ1n) is 6.13. The van der Waals surface area contributed by atoms with Crippen LogP contribution in [0, 0.1) is 16.0 Å². The number of nitro benzene ring substituents is 1. The van der Waals surface area contributed by atoms with Crippen molar-refractivity contribution < 1.29 is 14.5 Å². The van der Waals surface area contributed by atoms with E-state index in [2.05, 4.69) is 13.8 Å². The fraction of sp³-hybridized carbons (Fsp3) is 0.462. The van der Waals surface area contributed by atoms with Crippen LogP contribution in [-0.4, -0.2) is 17.5 Å². The van der Waals surface area contributed by atoms with Gasteiger partial charge >= 0.3 is 5.97 Å². The number of nitro groups is 1. The molecule has 1 aromatic rings. The Morgan fingerprint density at radius 2 is 2.05 bits per heavy atom. The molecule has 1 rings (SSSR count). The molecular weight excluding hydrogens is 305 g/mol. The first-order chi connectivity index (χ1) is 9.32. The predicted molar refractivity (Wildman–Crippen MR) is 77.5 cm³/mol. The molecule has 7 heteroatoms. The maximum Gasteiger partial charge on any atom is 0.339 e. The van der Waals surface area contributed by atoms with Gasteiger partial charge in [0.1, 0.15) is 0 Å². The summed E-state index contributed by atoms with van der Waals surface area (Å²) < 4.78 is 5.04. The normalized spacial score (nSPS) is 10.7. The van der Waals surface area contributed by atoms with Crippen molar-refractivity contribution in [1.82, 2.24) is 0 Å². The largest absolute Gasteiger partial charge is 0.462 e. The van der Waals surface area contributed by atoms with Crippen LogP contribution in [0.1, 0.15) is 37.0 Å². The number of esters is 1. The van der Waals surface area contributed by atoms with Gasteiger partial charge < -0.3 is 4.74 Å². The summed E-state index contributed by atoms with van der Waals surface area (Å²) in [7, 11) is 0. The molecule has 1 aromatic carbocycles. The molecule has 0 spiro atoms. The van der Waals surface area contributed by atoms with Crippen LogP contribution in [0.3, 0.4) is 0 Å². The Morgan fingerprint density at radius 1 is 1.40 bits per heavy atom. The highest BCUT2D eigenvalue weighted by Crippen LogP contribution is 2.31. The number of non-ortho nitro benzene ring substituents is 1. The third kappa shape index (κ3) is 4.65. The second-order valence-electron chi connectivity index (χ2n) is 4.72. The molecule has 0 aliphatic carbocycles. The molecule has 0 aliphatic rings. The zero-order chi connectivity index (χ0) is 15.3. The Balaban J connectivity index is 2.79. The van der Waals surface area contributed by atoms with Crippen molar-refractivity contribution in [3.05, 3.63) is 37.9 Å². The van der Waals surface area contributed by atoms with Gasteiger partial charge in [0.05, 0.1) is 27.1 Å². The zero-order valence-electron chi connectivity index (χ0n) is 11.2. The van der Waals surface area contributed by atoms with E-state index in [0.29, 0.717) is 5.92 Å². The van der Waals surface area contributed by atoms with Gasteiger partial charge in [-0.25, -0.2) is 4.79 Å². The monoisotopic (exact) mass is 319 g/mol. The number of nitrogens with zero attached hydrogens (tertiary/aromatic N) is 1. The maximum atomic E-state index is 11.8. The SMILES string of the molecule is CC(C)CCCOC(=O)c1cc([N+](=O)[O-])cc(Cl)c1Cl. The summed E-state index contributed by atoms with van der Waals surface area (Å²) in [5, 5.41) is 10.6. The molecule has 0 saturated carbocycles. The molecule has 0 aliphatic heterocycles. The van der Waals surface area contributed by atoms with E-state index < -0.39 is 10.9 Å². The highest BCUT2D eigenvalue weighted by Gasteiger charge is 2.20. The van der Waals surface area contributed by atoms with Crippen LogP contribution >= 0.6 is 23.2 Å². The molecule has 0 atom stereocenters. The lowest BCUT2D eigenvalue weighted by Crippen LogP contribution is -2.08. The van der Waals surface area contributed by atoms with Crippen LogP contribution < -0.4 is 0 Å². The molecule has 0 heterocycles. The molecular formula is C13H15Cl2NO4. The maximum absolute atomic E-state index is 11.8. The number of hydrogen-bond donors (Lipinski definition) is 0. The van der Waals surface area contributed by atoms with Crippen LogP contribution in [0.5, 0.6) is 0 Å². The van der Waals surface area contributed by atoms with Crippen molar-refractivity contribution in [2.75, 3.05) is 6.61 Å². The number of benzene rings is 1. The summed E-state index contributed by atoms with van der Waals surface area (Å²) >= 11 is 11.6. The third-order valence-corrected chi connectivity index (χ3v) is 3.40. The summed E-state index contributed by atoms with van der Waals surface area (Å²) in [5.41, 5.74) is -0.385. The van der Waals surface area contributed by atoms with Crippen molar-refractivity contribution in [1.29, 1.82) is 0 Å². The average Bonchev–Trinajstić information content (AvgIpc) is 2.36. The summed E-state index contributed by atoms with van der Waals surface area (Å²) in [6.07, 6.45) is 1.65. The van der Waals surface area contributed by atoms with Gasteiger partial charge in [0, 0.05) is 12.1 Å². The van der Waals surface area contributed by atoms with E-state index in [9.17, 15) is 14.9 Å². The standard InChI is InChI=1S/C13H15Cl2NO4/c1-8(2)4-3-5-20-13(17)10-6-9(16(18)19)7-11(14)12(10)15/h6-8H,3-5H2,1-2H3. The Morgan fingerprint density at radius 3 is 2.60 bits per heavy atom. The van der Waals surface area contributed by atoms with Crippen molar-refractivity contribution in [3.63, 3.8) is 0 Å². The molecule has 0 unspecified atom stereocenters. The van der Waals surface area contributed by atoms with Gasteiger partial charge in [-0.15, -0.1) is 0 Å². The van der Waals surface area contributed by atoms with Gasteiger partial charge in [0.15, 0.2) is 0 Å². The van der Waals surface area contributed by atoms with Gasteiger partial charge in [-0.05, 0) is 18.8 Å². The van der Waals surface area contributed by atoms with Crippen LogP contribution in [0.2, 0.25) is 10.0 Å². The lowest BCUT2D eigenvalue weighted by molar-refractivity contribution is -0.384. The predicted octanol–water partition coefficient (Wildman–Crippen LogP) is 4.49. The zero-order valence-corrected chi connectivity index (χ0v) is 12.7. The smallest absolute Gasteiger partial charge is 0.339 e. The number of halogens is 2. The Hall–Kier alpha value is -1.33. The van der Waals surface area contributed by atoms with E-state index in [1.807, 2.05) is 0 Å². The molecule has 0 saturated heterocycles. The highest BCUT2D eigenvalue weighted by atomic mass is 35.5. The minimum Gasteiger partial charge on any atom is -0.462 e. The van der Waals surface area contributed by atoms with Crippen LogP contribution in [0.4, 0.5) is 5.69 Å². The highest BCUT2D eigenvalue weighted by molar-refractivity contribution is 6.43. The quantitative estimate of drug-likeness (QED) is 0.335. The van der Waals surface area contributed by atoms with E-state index >= 15 is 0 Å². The van der Waals surface area contributed by atoms with Crippen LogP contribution in [-0.2, 0) is 4.74 Å². The number of rotatable bonds is 6. The minimum absolute atomic E-state index is 0.0360. The third-order valence-electron chi connectivity index (χ3n) is 2.60. The van der Waals surface area contributed by atoms with Gasteiger partial charge in [-0.2, -0.15) is 0 Å². The molecule has 0 aromatic heterocycles. The summed E-state index contributed by atoms with van der Waals surface area (Å²) in [6.45, 7) is 4.38. The Bertz CT molecular complexity index is 517. The summed E-state index contributed by atoms with van der Waals surface area (Å²) in [4.78, 5) is 21.9. The summed E-state index contributed by atoms with van der Waals surface area (Å²) in [5.74, 6) is -0.186. The van der Waals surface area contributed by atoms with Gasteiger partial charge in [0.2, 0.25) is 0 Å². The molecule has 110 valence electrons. The van der Waals surface area contributed by atoms with Crippen molar-refractivity contribution in [2.24, 2.45) is 5.92 Å². The first kappa shape index (κ1) is 16.7. The number of carbonyl (C=O) groups is 1. The average molecular weight is 320 g/mol. The molecule has 0 fully saturated rings. The fourth-order valence-electron chi connectivity index (χ4n) is 1.56. The number of hydrogen-bond acceptors (Lipinski definition) is 4. The van der Waals surface area contributed by atoms with E-state index in [1.54, 1.807) is 0 Å². The van der Waals surface area contributed by atoms with Crippen LogP contribution in [0.15, 0.2) is 12.1 Å². The van der Waals surface area contributed by atoms with E-state index in [0.717, 1.165) is 25.0 Å². The molecule has 0 bridgehead atoms. The van der Waals surface area contributed by atoms with E-state index in [1.165, 1.54) is 0 Å². The number of ether oxygens (including phenoxy) is 1. The van der Waals surface area contributed by atoms with Gasteiger partial charge in [0.25, 0.3) is 5.69 Å². The van der Waals surface area contributed by atoms with E-state index in [4.69, 9.17) is 27.9 Å². The lowest BCUT2D eigenvalue weighted by Gasteiger charge is -2.08. The molecule has 0 N–H and O–H groups in total. The fourth-order valence-corrected chi connectivity index (χ4v) is 1.96. The Kier molecular flexibility index (Phi) is 6.23. The van der Waals surface area contributed by atoms with Gasteiger partial charge in [-0.3, -0.25) is 10.1 Å².